The fourth-order valence-electron chi connectivity index (χ4n) is 1.88. The largest absolute Gasteiger partial charge is 0.472 e. The Morgan fingerprint density at radius 1 is 1.38 bits per heavy atom. The maximum atomic E-state index is 12.1. The number of carbonyl (C=O) groups is 1. The van der Waals surface area contributed by atoms with Crippen LogP contribution in [-0.4, -0.2) is 21.8 Å². The summed E-state index contributed by atoms with van der Waals surface area (Å²) in [5, 5.41) is 4.02. The van der Waals surface area contributed by atoms with Gasteiger partial charge in [-0.2, -0.15) is 0 Å². The molecule has 0 atom stereocenters. The van der Waals surface area contributed by atoms with Crippen LogP contribution < -0.4 is 4.74 Å². The van der Waals surface area contributed by atoms with Crippen molar-refractivity contribution in [2.24, 2.45) is 0 Å². The average molecular weight is 306 g/mol. The van der Waals surface area contributed by atoms with E-state index in [0.717, 1.165) is 17.5 Å². The van der Waals surface area contributed by atoms with E-state index in [2.05, 4.69) is 17.9 Å². The van der Waals surface area contributed by atoms with Gasteiger partial charge in [-0.3, -0.25) is 0 Å². The minimum absolute atomic E-state index is 0.258. The molecule has 1 aromatic heterocycles. The molecule has 0 amide bonds. The third-order valence-corrected chi connectivity index (χ3v) is 3.21. The van der Waals surface area contributed by atoms with Gasteiger partial charge in [0.25, 0.3) is 0 Å². The molecule has 5 nitrogen and oxygen atoms in total. The number of hydrogen-bond acceptors (Lipinski definition) is 5. The molecule has 0 radical (unpaired) electrons. The quantitative estimate of drug-likeness (QED) is 0.658. The van der Waals surface area contributed by atoms with Gasteiger partial charge >= 0.3 is 5.97 Å². The number of nitrogens with zero attached hydrogens (tertiary/aromatic N) is 2. The fraction of sp³-hybridized carbons (Fsp3) is 0.333. The van der Waals surface area contributed by atoms with Crippen molar-refractivity contribution in [2.75, 3.05) is 6.61 Å². The Balaban J connectivity index is 2.15. The van der Waals surface area contributed by atoms with Crippen LogP contribution in [0.2, 0.25) is 0 Å². The van der Waals surface area contributed by atoms with Crippen molar-refractivity contribution in [3.63, 3.8) is 0 Å². The van der Waals surface area contributed by atoms with E-state index in [1.165, 1.54) is 4.09 Å². The van der Waals surface area contributed by atoms with Gasteiger partial charge in [0.1, 0.15) is 6.61 Å². The number of benzene rings is 1. The van der Waals surface area contributed by atoms with Crippen LogP contribution in [0, 0.1) is 6.92 Å². The van der Waals surface area contributed by atoms with Gasteiger partial charge in [0, 0.05) is 17.8 Å². The standard InChI is InChI=1S/C15H18N2O3S/c1-3-9-19-15(18)12-6-4-5-11(2)13(12)10-20-14-7-8-17(21)16-14/h4-8,21H,3,9-10H2,1-2H3. The second-order valence-electron chi connectivity index (χ2n) is 4.60. The van der Waals surface area contributed by atoms with Gasteiger partial charge in [-0.05, 0) is 37.8 Å². The molecule has 0 N–H and O–H groups in total. The van der Waals surface area contributed by atoms with Gasteiger partial charge in [0.05, 0.1) is 12.2 Å². The van der Waals surface area contributed by atoms with Crippen LogP contribution in [-0.2, 0) is 11.3 Å². The number of aromatic nitrogens is 2. The summed E-state index contributed by atoms with van der Waals surface area (Å²) in [4.78, 5) is 12.1. The number of aryl methyl sites for hydroxylation is 1. The Bertz CT molecular complexity index is 625. The highest BCUT2D eigenvalue weighted by Crippen LogP contribution is 2.18. The zero-order valence-corrected chi connectivity index (χ0v) is 13.0. The van der Waals surface area contributed by atoms with E-state index < -0.39 is 0 Å². The van der Waals surface area contributed by atoms with Crippen molar-refractivity contribution in [1.29, 1.82) is 0 Å². The van der Waals surface area contributed by atoms with Gasteiger partial charge in [0.2, 0.25) is 5.88 Å². The van der Waals surface area contributed by atoms with Crippen LogP contribution in [0.3, 0.4) is 0 Å². The van der Waals surface area contributed by atoms with E-state index in [1.54, 1.807) is 18.3 Å². The number of hydrogen-bond donors (Lipinski definition) is 1. The Kier molecular flexibility index (Phi) is 5.27. The highest BCUT2D eigenvalue weighted by atomic mass is 32.1. The molecule has 6 heteroatoms. The average Bonchev–Trinajstić information content (AvgIpc) is 2.89. The Morgan fingerprint density at radius 2 is 2.19 bits per heavy atom. The number of rotatable bonds is 6. The number of ether oxygens (including phenoxy) is 2. The van der Waals surface area contributed by atoms with Gasteiger partial charge in [-0.15, -0.1) is 5.10 Å². The molecule has 2 aromatic rings. The molecule has 0 saturated carbocycles. The van der Waals surface area contributed by atoms with Crippen molar-refractivity contribution in [3.8, 4) is 5.88 Å². The van der Waals surface area contributed by atoms with Gasteiger partial charge < -0.3 is 9.47 Å². The first-order chi connectivity index (χ1) is 10.1. The lowest BCUT2D eigenvalue weighted by Gasteiger charge is -2.12. The zero-order chi connectivity index (χ0) is 15.2. The predicted molar refractivity (Wildman–Crippen MR) is 82.7 cm³/mol. The SMILES string of the molecule is CCCOC(=O)c1cccc(C)c1COc1ccn(S)n1. The minimum atomic E-state index is -0.320. The summed E-state index contributed by atoms with van der Waals surface area (Å²) < 4.78 is 12.2. The number of carbonyl (C=O) groups excluding carboxylic acids is 1. The summed E-state index contributed by atoms with van der Waals surface area (Å²) in [6.45, 7) is 4.57. The summed E-state index contributed by atoms with van der Waals surface area (Å²) in [5.41, 5.74) is 2.33. The maximum absolute atomic E-state index is 12.1. The van der Waals surface area contributed by atoms with Gasteiger partial charge in [-0.1, -0.05) is 19.1 Å². The molecule has 0 bridgehead atoms. The maximum Gasteiger partial charge on any atom is 0.338 e. The molecule has 1 heterocycles. The Morgan fingerprint density at radius 3 is 2.86 bits per heavy atom. The van der Waals surface area contributed by atoms with Crippen LogP contribution in [0.4, 0.5) is 0 Å². The monoisotopic (exact) mass is 306 g/mol. The van der Waals surface area contributed by atoms with E-state index in [4.69, 9.17) is 9.47 Å². The highest BCUT2D eigenvalue weighted by molar-refractivity contribution is 7.78. The van der Waals surface area contributed by atoms with E-state index in [1.807, 2.05) is 26.0 Å². The first-order valence-corrected chi connectivity index (χ1v) is 7.15. The third kappa shape index (κ3) is 4.01. The predicted octanol–water partition coefficient (Wildman–Crippen LogP) is 3.03. The van der Waals surface area contributed by atoms with Crippen LogP contribution in [0.5, 0.6) is 5.88 Å². The smallest absolute Gasteiger partial charge is 0.338 e. The molecule has 1 aromatic carbocycles. The Labute approximate surface area is 129 Å². The topological polar surface area (TPSA) is 53.4 Å². The highest BCUT2D eigenvalue weighted by Gasteiger charge is 2.15. The van der Waals surface area contributed by atoms with E-state index >= 15 is 0 Å². The summed E-state index contributed by atoms with van der Waals surface area (Å²) in [6, 6.07) is 7.23. The molecule has 0 spiro atoms. The molecule has 21 heavy (non-hydrogen) atoms. The van der Waals surface area contributed by atoms with Crippen molar-refractivity contribution < 1.29 is 14.3 Å². The van der Waals surface area contributed by atoms with Crippen LogP contribution in [0.25, 0.3) is 0 Å². The Hall–Kier alpha value is -1.95. The van der Waals surface area contributed by atoms with E-state index in [0.29, 0.717) is 18.1 Å². The lowest BCUT2D eigenvalue weighted by Crippen LogP contribution is -2.12. The summed E-state index contributed by atoms with van der Waals surface area (Å²) in [6.07, 6.45) is 2.47. The minimum Gasteiger partial charge on any atom is -0.472 e. The van der Waals surface area contributed by atoms with Crippen molar-refractivity contribution in [1.82, 2.24) is 9.19 Å². The zero-order valence-electron chi connectivity index (χ0n) is 12.1. The molecule has 112 valence electrons. The van der Waals surface area contributed by atoms with Crippen LogP contribution in [0.1, 0.15) is 34.8 Å². The van der Waals surface area contributed by atoms with Crippen LogP contribution in [0.15, 0.2) is 30.5 Å². The molecule has 0 saturated heterocycles. The lowest BCUT2D eigenvalue weighted by atomic mass is 10.0. The second kappa shape index (κ2) is 7.17. The molecule has 0 aliphatic rings. The van der Waals surface area contributed by atoms with Gasteiger partial charge in [0.15, 0.2) is 0 Å². The third-order valence-electron chi connectivity index (χ3n) is 2.98. The van der Waals surface area contributed by atoms with Crippen LogP contribution >= 0.6 is 12.8 Å². The van der Waals surface area contributed by atoms with Crippen molar-refractivity contribution in [2.45, 2.75) is 26.9 Å². The second-order valence-corrected chi connectivity index (χ2v) is 5.01. The molecular formula is C15H18N2O3S. The van der Waals surface area contributed by atoms with E-state index in [9.17, 15) is 4.79 Å². The normalized spacial score (nSPS) is 10.4. The fourth-order valence-corrected chi connectivity index (χ4v) is 2.03. The number of esters is 1. The first-order valence-electron chi connectivity index (χ1n) is 6.75. The van der Waals surface area contributed by atoms with E-state index in [-0.39, 0.29) is 12.6 Å². The van der Waals surface area contributed by atoms with Gasteiger partial charge in [-0.25, -0.2) is 8.88 Å². The molecule has 0 fully saturated rings. The molecular weight excluding hydrogens is 288 g/mol. The van der Waals surface area contributed by atoms with Crippen molar-refractivity contribution in [3.05, 3.63) is 47.2 Å². The molecule has 0 aliphatic carbocycles. The molecule has 0 unspecified atom stereocenters. The summed E-state index contributed by atoms with van der Waals surface area (Å²) in [7, 11) is 0. The summed E-state index contributed by atoms with van der Waals surface area (Å²) >= 11 is 4.05. The van der Waals surface area contributed by atoms with Crippen molar-refractivity contribution >= 4 is 18.8 Å². The number of thiol groups is 1. The molecule has 2 rings (SSSR count). The summed E-state index contributed by atoms with van der Waals surface area (Å²) in [5.74, 6) is 0.139. The lowest BCUT2D eigenvalue weighted by molar-refractivity contribution is 0.0502. The molecule has 0 aliphatic heterocycles. The first kappa shape index (κ1) is 15.4.